The van der Waals surface area contributed by atoms with E-state index in [1.54, 1.807) is 0 Å². The summed E-state index contributed by atoms with van der Waals surface area (Å²) in [6, 6.07) is 75.2. The van der Waals surface area contributed by atoms with Crippen molar-refractivity contribution in [3.05, 3.63) is 229 Å². The molecule has 0 N–H and O–H groups in total. The van der Waals surface area contributed by atoms with Crippen LogP contribution in [-0.2, 0) is 5.41 Å². The van der Waals surface area contributed by atoms with Gasteiger partial charge in [-0.05, 0) is 101 Å². The molecule has 0 atom stereocenters. The average molecular weight is 683 g/mol. The lowest BCUT2D eigenvalue weighted by molar-refractivity contribution is 0.722. The summed E-state index contributed by atoms with van der Waals surface area (Å²) in [5.41, 5.74) is 13.9. The summed E-state index contributed by atoms with van der Waals surface area (Å²) in [6.45, 7) is 0. The van der Waals surface area contributed by atoms with Crippen molar-refractivity contribution in [1.82, 2.24) is 0 Å². The molecule has 2 aliphatic rings. The van der Waals surface area contributed by atoms with Gasteiger partial charge in [-0.3, -0.25) is 0 Å². The van der Waals surface area contributed by atoms with E-state index < -0.39 is 5.41 Å². The second-order valence-electron chi connectivity index (χ2n) is 13.3. The van der Waals surface area contributed by atoms with Crippen molar-refractivity contribution in [1.29, 1.82) is 0 Å². The molecule has 8 aromatic rings. The van der Waals surface area contributed by atoms with Crippen LogP contribution < -0.4 is 9.80 Å². The first-order valence-electron chi connectivity index (χ1n) is 17.8. The largest absolute Gasteiger partial charge is 0.310 e. The molecule has 0 fully saturated rings. The van der Waals surface area contributed by atoms with Gasteiger partial charge in [0.05, 0.1) is 11.1 Å². The first-order valence-corrected chi connectivity index (χ1v) is 18.6. The van der Waals surface area contributed by atoms with E-state index in [1.165, 1.54) is 43.2 Å². The molecule has 1 aliphatic carbocycles. The third kappa shape index (κ3) is 4.67. The zero-order valence-electron chi connectivity index (χ0n) is 28.4. The predicted octanol–water partition coefficient (Wildman–Crippen LogP) is 13.5. The molecular formula is C49H34N2S. The SMILES string of the molecule is c1ccc(N(c2ccccc2)c2cc(N(c3ccccc3)c3ccccc3)c3c(c2)C2(c4ccccc4Sc4ccccc42)c2ccccc2-3)cc1. The molecule has 0 saturated carbocycles. The molecule has 0 amide bonds. The van der Waals surface area contributed by atoms with Crippen LogP contribution in [-0.4, -0.2) is 0 Å². The molecule has 3 heteroatoms. The van der Waals surface area contributed by atoms with Gasteiger partial charge >= 0.3 is 0 Å². The minimum atomic E-state index is -0.535. The maximum atomic E-state index is 2.48. The Morgan fingerprint density at radius 3 is 1.23 bits per heavy atom. The van der Waals surface area contributed by atoms with Gasteiger partial charge < -0.3 is 9.80 Å². The number of fused-ring (bicyclic) bond motifs is 9. The molecule has 0 radical (unpaired) electrons. The molecule has 0 aromatic heterocycles. The summed E-state index contributed by atoms with van der Waals surface area (Å²) in [5, 5.41) is 0. The summed E-state index contributed by atoms with van der Waals surface area (Å²) in [5.74, 6) is 0. The third-order valence-electron chi connectivity index (χ3n) is 10.5. The zero-order valence-corrected chi connectivity index (χ0v) is 29.2. The minimum absolute atomic E-state index is 0.535. The Bertz CT molecular complexity index is 2430. The number of benzene rings is 8. The highest BCUT2D eigenvalue weighted by molar-refractivity contribution is 7.99. The lowest BCUT2D eigenvalue weighted by Gasteiger charge is -2.40. The number of rotatable bonds is 6. The molecule has 8 aromatic carbocycles. The van der Waals surface area contributed by atoms with Crippen LogP contribution in [0.15, 0.2) is 216 Å². The fraction of sp³-hybridized carbons (Fsp3) is 0.0204. The van der Waals surface area contributed by atoms with Crippen LogP contribution in [0.4, 0.5) is 34.1 Å². The smallest absolute Gasteiger partial charge is 0.0736 e. The van der Waals surface area contributed by atoms with Crippen molar-refractivity contribution in [2.24, 2.45) is 0 Å². The number of anilines is 6. The molecule has 1 spiro atoms. The molecule has 0 bridgehead atoms. The van der Waals surface area contributed by atoms with Gasteiger partial charge in [-0.2, -0.15) is 0 Å². The summed E-state index contributed by atoms with van der Waals surface area (Å²) < 4.78 is 0. The third-order valence-corrected chi connectivity index (χ3v) is 11.6. The lowest BCUT2D eigenvalue weighted by atomic mass is 9.67. The van der Waals surface area contributed by atoms with Gasteiger partial charge in [0.15, 0.2) is 0 Å². The van der Waals surface area contributed by atoms with Gasteiger partial charge in [0, 0.05) is 43.8 Å². The fourth-order valence-electron chi connectivity index (χ4n) is 8.43. The van der Waals surface area contributed by atoms with Crippen LogP contribution in [0.2, 0.25) is 0 Å². The fourth-order valence-corrected chi connectivity index (χ4v) is 9.62. The number of hydrogen-bond acceptors (Lipinski definition) is 3. The standard InChI is InChI=1S/C49H34N2S/c1-5-19-35(20-6-1)50(36-21-7-2-8-22-36)39-33-44-48(45(34-39)51(37-23-9-3-10-24-37)38-25-11-4-12-26-38)40-27-13-14-28-41(40)49(44)42-29-15-17-31-46(42)52-47-32-18-16-30-43(47)49/h1-34H. The van der Waals surface area contributed by atoms with Crippen LogP contribution in [0.3, 0.4) is 0 Å². The number of nitrogens with zero attached hydrogens (tertiary/aromatic N) is 2. The second kappa shape index (κ2) is 12.5. The Hall–Kier alpha value is -6.29. The molecule has 2 nitrogen and oxygen atoms in total. The summed E-state index contributed by atoms with van der Waals surface area (Å²) >= 11 is 1.88. The van der Waals surface area contributed by atoms with E-state index in [0.29, 0.717) is 0 Å². The second-order valence-corrected chi connectivity index (χ2v) is 14.4. The molecule has 10 rings (SSSR count). The van der Waals surface area contributed by atoms with Crippen LogP contribution >= 0.6 is 11.8 Å². The Balaban J connectivity index is 1.39. The Morgan fingerprint density at radius 1 is 0.327 bits per heavy atom. The van der Waals surface area contributed by atoms with Gasteiger partial charge in [-0.15, -0.1) is 0 Å². The van der Waals surface area contributed by atoms with Crippen molar-refractivity contribution >= 4 is 45.9 Å². The van der Waals surface area contributed by atoms with Gasteiger partial charge in [-0.1, -0.05) is 145 Å². The van der Waals surface area contributed by atoms with Crippen molar-refractivity contribution in [2.45, 2.75) is 15.2 Å². The van der Waals surface area contributed by atoms with Crippen molar-refractivity contribution in [3.8, 4) is 11.1 Å². The quantitative estimate of drug-likeness (QED) is 0.172. The zero-order chi connectivity index (χ0) is 34.5. The first kappa shape index (κ1) is 30.5. The predicted molar refractivity (Wildman–Crippen MR) is 217 cm³/mol. The normalized spacial score (nSPS) is 13.1. The average Bonchev–Trinajstić information content (AvgIpc) is 3.50. The van der Waals surface area contributed by atoms with Gasteiger partial charge in [0.2, 0.25) is 0 Å². The van der Waals surface area contributed by atoms with Crippen LogP contribution in [0.25, 0.3) is 11.1 Å². The van der Waals surface area contributed by atoms with Crippen LogP contribution in [0, 0.1) is 0 Å². The highest BCUT2D eigenvalue weighted by atomic mass is 32.2. The monoisotopic (exact) mass is 682 g/mol. The molecular weight excluding hydrogens is 649 g/mol. The number of para-hydroxylation sites is 4. The van der Waals surface area contributed by atoms with Crippen molar-refractivity contribution in [3.63, 3.8) is 0 Å². The van der Waals surface area contributed by atoms with Gasteiger partial charge in [0.25, 0.3) is 0 Å². The number of hydrogen-bond donors (Lipinski definition) is 0. The molecule has 1 aliphatic heterocycles. The highest BCUT2D eigenvalue weighted by Crippen LogP contribution is 2.65. The maximum absolute atomic E-state index is 2.48. The first-order chi connectivity index (χ1) is 25.8. The van der Waals surface area contributed by atoms with Crippen molar-refractivity contribution < 1.29 is 0 Å². The van der Waals surface area contributed by atoms with Gasteiger partial charge in [-0.25, -0.2) is 0 Å². The molecule has 1 heterocycles. The molecule has 246 valence electrons. The van der Waals surface area contributed by atoms with E-state index in [2.05, 4.69) is 216 Å². The summed E-state index contributed by atoms with van der Waals surface area (Å²) in [6.07, 6.45) is 0. The maximum Gasteiger partial charge on any atom is 0.0736 e. The summed E-state index contributed by atoms with van der Waals surface area (Å²) in [4.78, 5) is 7.44. The van der Waals surface area contributed by atoms with Crippen molar-refractivity contribution in [2.75, 3.05) is 9.80 Å². The minimum Gasteiger partial charge on any atom is -0.310 e. The summed E-state index contributed by atoms with van der Waals surface area (Å²) in [7, 11) is 0. The van der Waals surface area contributed by atoms with E-state index in [9.17, 15) is 0 Å². The van der Waals surface area contributed by atoms with Crippen LogP contribution in [0.5, 0.6) is 0 Å². The molecule has 0 unspecified atom stereocenters. The Labute approximate surface area is 309 Å². The van der Waals surface area contributed by atoms with E-state index in [1.807, 2.05) is 11.8 Å². The van der Waals surface area contributed by atoms with E-state index >= 15 is 0 Å². The highest BCUT2D eigenvalue weighted by Gasteiger charge is 2.51. The van der Waals surface area contributed by atoms with E-state index in [4.69, 9.17) is 0 Å². The molecule has 52 heavy (non-hydrogen) atoms. The van der Waals surface area contributed by atoms with Crippen LogP contribution in [0.1, 0.15) is 22.3 Å². The lowest BCUT2D eigenvalue weighted by Crippen LogP contribution is -2.32. The van der Waals surface area contributed by atoms with Gasteiger partial charge in [0.1, 0.15) is 0 Å². The Morgan fingerprint density at radius 2 is 0.731 bits per heavy atom. The topological polar surface area (TPSA) is 6.48 Å². The Kier molecular flexibility index (Phi) is 7.33. The molecule has 0 saturated heterocycles. The van der Waals surface area contributed by atoms with E-state index in [0.717, 1.165) is 34.1 Å². The van der Waals surface area contributed by atoms with E-state index in [-0.39, 0.29) is 0 Å².